The molecule has 1 aliphatic carbocycles. The first-order chi connectivity index (χ1) is 12.6. The van der Waals surface area contributed by atoms with Crippen LogP contribution in [0.5, 0.6) is 0 Å². The number of amides is 1. The summed E-state index contributed by atoms with van der Waals surface area (Å²) in [5.74, 6) is -0.271. The number of likely N-dealkylation sites (tertiary alicyclic amines) is 1. The Hall–Kier alpha value is -2.40. The molecule has 1 atom stereocenters. The number of carbonyl (C=O) groups is 1. The number of hydrogen-bond acceptors (Lipinski definition) is 3. The van der Waals surface area contributed by atoms with E-state index in [4.69, 9.17) is 0 Å². The first-order valence-corrected chi connectivity index (χ1v) is 9.41. The number of pyridine rings is 1. The third kappa shape index (κ3) is 3.44. The molecule has 0 saturated carbocycles. The fourth-order valence-corrected chi connectivity index (χ4v) is 4.26. The third-order valence-corrected chi connectivity index (χ3v) is 5.64. The highest BCUT2D eigenvalue weighted by Crippen LogP contribution is 2.27. The highest BCUT2D eigenvalue weighted by molar-refractivity contribution is 5.94. The molecule has 2 N–H and O–H groups in total. The third-order valence-electron chi connectivity index (χ3n) is 5.64. The number of aromatic nitrogens is 1. The van der Waals surface area contributed by atoms with Crippen LogP contribution in [0.1, 0.15) is 40.0 Å². The van der Waals surface area contributed by atoms with Gasteiger partial charge in [0, 0.05) is 36.6 Å². The molecular formula is C21H25N3O2. The molecule has 2 aromatic rings. The molecule has 1 saturated heterocycles. The Labute approximate surface area is 153 Å². The zero-order chi connectivity index (χ0) is 18.1. The Balaban J connectivity index is 1.40. The quantitative estimate of drug-likeness (QED) is 0.889. The van der Waals surface area contributed by atoms with Gasteiger partial charge in [0.15, 0.2) is 5.43 Å². The van der Waals surface area contributed by atoms with Gasteiger partial charge in [0.1, 0.15) is 5.56 Å². The number of benzene rings is 1. The van der Waals surface area contributed by atoms with Crippen LogP contribution in [-0.4, -0.2) is 41.0 Å². The lowest BCUT2D eigenvalue weighted by atomic mass is 10.0. The van der Waals surface area contributed by atoms with Crippen molar-refractivity contribution in [2.24, 2.45) is 0 Å². The van der Waals surface area contributed by atoms with Crippen LogP contribution in [0.25, 0.3) is 0 Å². The van der Waals surface area contributed by atoms with Crippen LogP contribution in [0.15, 0.2) is 41.3 Å². The van der Waals surface area contributed by atoms with Gasteiger partial charge in [-0.2, -0.15) is 0 Å². The molecule has 1 aromatic carbocycles. The lowest BCUT2D eigenvalue weighted by Gasteiger charge is -2.37. The van der Waals surface area contributed by atoms with Crippen molar-refractivity contribution in [3.05, 3.63) is 69.1 Å². The molecular weight excluding hydrogens is 326 g/mol. The predicted octanol–water partition coefficient (Wildman–Crippen LogP) is 2.04. The summed E-state index contributed by atoms with van der Waals surface area (Å²) in [4.78, 5) is 30.0. The summed E-state index contributed by atoms with van der Waals surface area (Å²) in [6.45, 7) is 3.74. The summed E-state index contributed by atoms with van der Waals surface area (Å²) >= 11 is 0. The molecule has 2 heterocycles. The van der Waals surface area contributed by atoms with Crippen LogP contribution in [-0.2, 0) is 12.8 Å². The molecule has 1 amide bonds. The van der Waals surface area contributed by atoms with Crippen LogP contribution in [0.3, 0.4) is 0 Å². The molecule has 5 nitrogen and oxygen atoms in total. The van der Waals surface area contributed by atoms with E-state index in [0.717, 1.165) is 44.5 Å². The summed E-state index contributed by atoms with van der Waals surface area (Å²) < 4.78 is 0. The van der Waals surface area contributed by atoms with Gasteiger partial charge in [-0.15, -0.1) is 0 Å². The number of piperidine rings is 1. The Morgan fingerprint density at radius 2 is 1.96 bits per heavy atom. The summed E-state index contributed by atoms with van der Waals surface area (Å²) in [7, 11) is 0. The van der Waals surface area contributed by atoms with Gasteiger partial charge >= 0.3 is 0 Å². The maximum absolute atomic E-state index is 12.5. The van der Waals surface area contributed by atoms with Crippen molar-refractivity contribution < 1.29 is 4.79 Å². The number of H-pyrrole nitrogens is 1. The second-order valence-electron chi connectivity index (χ2n) is 7.53. The molecule has 136 valence electrons. The number of aryl methyl sites for hydroxylation is 1. The molecule has 0 bridgehead atoms. The SMILES string of the molecule is Cc1cc(=O)c(C(=O)NC2CCCN(C3Cc4ccccc4C3)C2)c[nH]1. The van der Waals surface area contributed by atoms with Crippen LogP contribution >= 0.6 is 0 Å². The van der Waals surface area contributed by atoms with E-state index in [1.807, 2.05) is 6.92 Å². The van der Waals surface area contributed by atoms with Crippen molar-refractivity contribution in [2.45, 2.75) is 44.7 Å². The van der Waals surface area contributed by atoms with E-state index in [0.29, 0.717) is 6.04 Å². The summed E-state index contributed by atoms with van der Waals surface area (Å²) in [6.07, 6.45) is 5.73. The minimum atomic E-state index is -0.271. The number of hydrogen-bond donors (Lipinski definition) is 2. The number of nitrogens with one attached hydrogen (secondary N) is 2. The summed E-state index contributed by atoms with van der Waals surface area (Å²) in [5, 5.41) is 3.07. The van der Waals surface area contributed by atoms with Crippen molar-refractivity contribution in [1.82, 2.24) is 15.2 Å². The molecule has 26 heavy (non-hydrogen) atoms. The van der Waals surface area contributed by atoms with E-state index < -0.39 is 0 Å². The summed E-state index contributed by atoms with van der Waals surface area (Å²) in [6, 6.07) is 10.8. The molecule has 1 aromatic heterocycles. The van der Waals surface area contributed by atoms with Crippen molar-refractivity contribution >= 4 is 5.91 Å². The second kappa shape index (κ2) is 7.08. The average molecular weight is 351 g/mol. The molecule has 1 unspecified atom stereocenters. The van der Waals surface area contributed by atoms with Crippen LogP contribution in [0, 0.1) is 6.92 Å². The maximum atomic E-state index is 12.5. The lowest BCUT2D eigenvalue weighted by Crippen LogP contribution is -2.51. The summed E-state index contributed by atoms with van der Waals surface area (Å²) in [5.41, 5.74) is 3.64. The van der Waals surface area contributed by atoms with Gasteiger partial charge < -0.3 is 10.3 Å². The topological polar surface area (TPSA) is 65.2 Å². The standard InChI is InChI=1S/C21H25N3O2/c1-14-9-20(25)19(12-22-14)21(26)23-17-7-4-8-24(13-17)18-10-15-5-2-3-6-16(15)11-18/h2-3,5-6,9,12,17-18H,4,7-8,10-11,13H2,1H3,(H,22,25)(H,23,26). The molecule has 0 radical (unpaired) electrons. The minimum Gasteiger partial charge on any atom is -0.364 e. The van der Waals surface area contributed by atoms with Crippen molar-refractivity contribution in [3.63, 3.8) is 0 Å². The normalized spacial score (nSPS) is 20.7. The predicted molar refractivity (Wildman–Crippen MR) is 101 cm³/mol. The average Bonchev–Trinajstić information content (AvgIpc) is 3.06. The molecule has 5 heteroatoms. The van der Waals surface area contributed by atoms with Gasteiger partial charge in [0.25, 0.3) is 5.91 Å². The zero-order valence-corrected chi connectivity index (χ0v) is 15.1. The lowest BCUT2D eigenvalue weighted by molar-refractivity contribution is 0.0875. The number of nitrogens with zero attached hydrogens (tertiary/aromatic N) is 1. The Morgan fingerprint density at radius 3 is 2.65 bits per heavy atom. The van der Waals surface area contributed by atoms with Crippen LogP contribution < -0.4 is 10.7 Å². The second-order valence-corrected chi connectivity index (χ2v) is 7.53. The van der Waals surface area contributed by atoms with E-state index in [2.05, 4.69) is 39.5 Å². The van der Waals surface area contributed by atoms with Crippen LogP contribution in [0.4, 0.5) is 0 Å². The maximum Gasteiger partial charge on any atom is 0.257 e. The highest BCUT2D eigenvalue weighted by atomic mass is 16.2. The number of aromatic amines is 1. The Morgan fingerprint density at radius 1 is 1.23 bits per heavy atom. The van der Waals surface area contributed by atoms with Gasteiger partial charge in [-0.25, -0.2) is 0 Å². The number of rotatable bonds is 3. The largest absolute Gasteiger partial charge is 0.364 e. The van der Waals surface area contributed by atoms with Gasteiger partial charge in [-0.3, -0.25) is 14.5 Å². The van der Waals surface area contributed by atoms with Crippen LogP contribution in [0.2, 0.25) is 0 Å². The first kappa shape index (κ1) is 17.0. The minimum absolute atomic E-state index is 0.0978. The zero-order valence-electron chi connectivity index (χ0n) is 15.1. The first-order valence-electron chi connectivity index (χ1n) is 9.41. The smallest absolute Gasteiger partial charge is 0.257 e. The fourth-order valence-electron chi connectivity index (χ4n) is 4.26. The fraction of sp³-hybridized carbons (Fsp3) is 0.429. The van der Waals surface area contributed by atoms with Gasteiger partial charge in [0.05, 0.1) is 0 Å². The van der Waals surface area contributed by atoms with Crippen molar-refractivity contribution in [1.29, 1.82) is 0 Å². The highest BCUT2D eigenvalue weighted by Gasteiger charge is 2.31. The molecule has 1 fully saturated rings. The van der Waals surface area contributed by atoms with E-state index in [1.165, 1.54) is 23.4 Å². The monoisotopic (exact) mass is 351 g/mol. The molecule has 2 aliphatic rings. The molecule has 4 rings (SSSR count). The van der Waals surface area contributed by atoms with Gasteiger partial charge in [-0.1, -0.05) is 24.3 Å². The van der Waals surface area contributed by atoms with E-state index >= 15 is 0 Å². The molecule has 0 spiro atoms. The van der Waals surface area contributed by atoms with E-state index in [9.17, 15) is 9.59 Å². The van der Waals surface area contributed by atoms with Crippen molar-refractivity contribution in [3.8, 4) is 0 Å². The number of fused-ring (bicyclic) bond motifs is 1. The molecule has 1 aliphatic heterocycles. The van der Waals surface area contributed by atoms with E-state index in [-0.39, 0.29) is 22.9 Å². The van der Waals surface area contributed by atoms with Crippen molar-refractivity contribution in [2.75, 3.05) is 13.1 Å². The number of carbonyl (C=O) groups excluding carboxylic acids is 1. The van der Waals surface area contributed by atoms with Gasteiger partial charge in [0.2, 0.25) is 0 Å². The van der Waals surface area contributed by atoms with E-state index in [1.54, 1.807) is 0 Å². The van der Waals surface area contributed by atoms with Gasteiger partial charge in [-0.05, 0) is 50.3 Å². The Kier molecular flexibility index (Phi) is 4.64. The Bertz CT molecular complexity index is 849.